The highest BCUT2D eigenvalue weighted by molar-refractivity contribution is 8.17. The van der Waals surface area contributed by atoms with Gasteiger partial charge in [0.05, 0.1) is 16.8 Å². The van der Waals surface area contributed by atoms with Crippen LogP contribution < -0.4 is 0 Å². The van der Waals surface area contributed by atoms with Gasteiger partial charge in [-0.05, 0) is 35.9 Å². The summed E-state index contributed by atoms with van der Waals surface area (Å²) in [5.41, 5.74) is 1.09. The number of rotatable bonds is 3. The Hall–Kier alpha value is -3.85. The predicted molar refractivity (Wildman–Crippen MR) is 121 cm³/mol. The van der Waals surface area contributed by atoms with Crippen molar-refractivity contribution in [2.24, 2.45) is 4.99 Å². The Morgan fingerprint density at radius 3 is 2.52 bits per heavy atom. The highest BCUT2D eigenvalue weighted by atomic mass is 32.2. The summed E-state index contributed by atoms with van der Waals surface area (Å²) in [5, 5.41) is 10.9. The highest BCUT2D eigenvalue weighted by Gasteiger charge is 2.36. The monoisotopic (exact) mass is 465 g/mol. The molecule has 3 aromatic rings. The SMILES string of the molecule is N=C1C(=Cc2ccc(-c3cccc(C(F)(F)F)c3)o2)C(=O)N=C2SC=C(c3ccccc3)N12. The molecular formula is C24H14F3N3O2S. The fraction of sp³-hybridized carbons (Fsp3) is 0.0417. The first-order valence-corrected chi connectivity index (χ1v) is 10.6. The van der Waals surface area contributed by atoms with Gasteiger partial charge in [0.2, 0.25) is 0 Å². The molecule has 1 N–H and O–H groups in total. The molecule has 3 heterocycles. The van der Waals surface area contributed by atoms with E-state index in [1.807, 2.05) is 35.7 Å². The fourth-order valence-electron chi connectivity index (χ4n) is 3.49. The van der Waals surface area contributed by atoms with Gasteiger partial charge in [-0.25, -0.2) is 0 Å². The standard InChI is InChI=1S/C24H14F3N3O2S/c25-24(26,27)16-8-4-7-15(11-16)20-10-9-17(32-20)12-18-21(28)30-19(14-5-2-1-3-6-14)13-33-23(30)29-22(18)31/h1-13,28H. The molecule has 2 aromatic carbocycles. The third-order valence-corrected chi connectivity index (χ3v) is 5.90. The van der Waals surface area contributed by atoms with E-state index in [1.165, 1.54) is 42.1 Å². The maximum Gasteiger partial charge on any atom is 0.416 e. The molecule has 5 nitrogen and oxygen atoms in total. The van der Waals surface area contributed by atoms with Gasteiger partial charge in [0, 0.05) is 11.0 Å². The molecule has 0 spiro atoms. The first-order valence-electron chi connectivity index (χ1n) is 9.75. The summed E-state index contributed by atoms with van der Waals surface area (Å²) in [6, 6.07) is 17.3. The Balaban J connectivity index is 1.46. The van der Waals surface area contributed by atoms with Gasteiger partial charge < -0.3 is 4.42 Å². The average Bonchev–Trinajstić information content (AvgIpc) is 3.44. The second-order valence-corrected chi connectivity index (χ2v) is 8.05. The van der Waals surface area contributed by atoms with Crippen molar-refractivity contribution in [1.29, 1.82) is 5.41 Å². The van der Waals surface area contributed by atoms with E-state index in [4.69, 9.17) is 9.83 Å². The molecule has 0 unspecified atom stereocenters. The number of amidine groups is 2. The number of aliphatic imine (C=N–C) groups is 1. The van der Waals surface area contributed by atoms with Gasteiger partial charge in [-0.2, -0.15) is 18.2 Å². The van der Waals surface area contributed by atoms with Crippen LogP contribution in [0.1, 0.15) is 16.9 Å². The van der Waals surface area contributed by atoms with Crippen LogP contribution in [0.3, 0.4) is 0 Å². The van der Waals surface area contributed by atoms with Crippen molar-refractivity contribution in [1.82, 2.24) is 4.90 Å². The number of hydrogen-bond donors (Lipinski definition) is 1. The van der Waals surface area contributed by atoms with Crippen LogP contribution in [0.4, 0.5) is 13.2 Å². The molecule has 1 aromatic heterocycles. The number of halogens is 3. The summed E-state index contributed by atoms with van der Waals surface area (Å²) in [6.07, 6.45) is -3.09. The van der Waals surface area contributed by atoms with Gasteiger partial charge >= 0.3 is 6.18 Å². The number of amides is 1. The number of nitrogens with one attached hydrogen (secondary N) is 1. The summed E-state index contributed by atoms with van der Waals surface area (Å²) in [5.74, 6) is -0.194. The second kappa shape index (κ2) is 7.93. The summed E-state index contributed by atoms with van der Waals surface area (Å²) in [4.78, 5) is 18.3. The lowest BCUT2D eigenvalue weighted by Crippen LogP contribution is -2.37. The largest absolute Gasteiger partial charge is 0.457 e. The van der Waals surface area contributed by atoms with Crippen molar-refractivity contribution in [2.45, 2.75) is 6.18 Å². The van der Waals surface area contributed by atoms with E-state index in [2.05, 4.69) is 4.99 Å². The average molecular weight is 465 g/mol. The van der Waals surface area contributed by atoms with Crippen LogP contribution in [-0.4, -0.2) is 21.8 Å². The van der Waals surface area contributed by atoms with Crippen molar-refractivity contribution in [3.8, 4) is 11.3 Å². The van der Waals surface area contributed by atoms with Crippen LogP contribution in [0.2, 0.25) is 0 Å². The van der Waals surface area contributed by atoms with Gasteiger partial charge in [-0.1, -0.05) is 54.2 Å². The molecule has 9 heteroatoms. The van der Waals surface area contributed by atoms with Crippen LogP contribution in [0, 0.1) is 5.41 Å². The van der Waals surface area contributed by atoms with Crippen molar-refractivity contribution < 1.29 is 22.4 Å². The molecule has 0 radical (unpaired) electrons. The maximum atomic E-state index is 13.0. The molecule has 2 aliphatic heterocycles. The zero-order valence-electron chi connectivity index (χ0n) is 16.8. The minimum absolute atomic E-state index is 0.0213. The lowest BCUT2D eigenvalue weighted by atomic mass is 10.1. The number of thioether (sulfide) groups is 1. The molecule has 2 aliphatic rings. The number of fused-ring (bicyclic) bond motifs is 1. The summed E-state index contributed by atoms with van der Waals surface area (Å²) >= 11 is 1.26. The molecule has 0 bridgehead atoms. The van der Waals surface area contributed by atoms with Gasteiger partial charge in [-0.15, -0.1) is 0 Å². The Bertz CT molecular complexity index is 1370. The van der Waals surface area contributed by atoms with Gasteiger partial charge in [0.1, 0.15) is 17.4 Å². The number of carbonyl (C=O) groups excluding carboxylic acids is 1. The predicted octanol–water partition coefficient (Wildman–Crippen LogP) is 6.27. The van der Waals surface area contributed by atoms with Crippen LogP contribution in [0.25, 0.3) is 23.1 Å². The minimum Gasteiger partial charge on any atom is -0.457 e. The summed E-state index contributed by atoms with van der Waals surface area (Å²) in [6.45, 7) is 0. The molecule has 0 fully saturated rings. The smallest absolute Gasteiger partial charge is 0.416 e. The Morgan fingerprint density at radius 2 is 1.76 bits per heavy atom. The van der Waals surface area contributed by atoms with E-state index < -0.39 is 17.6 Å². The minimum atomic E-state index is -4.47. The van der Waals surface area contributed by atoms with Crippen molar-refractivity contribution in [3.05, 3.63) is 94.6 Å². The van der Waals surface area contributed by atoms with Crippen LogP contribution in [-0.2, 0) is 11.0 Å². The first-order chi connectivity index (χ1) is 15.8. The number of hydrogen-bond acceptors (Lipinski definition) is 4. The van der Waals surface area contributed by atoms with E-state index in [9.17, 15) is 18.0 Å². The zero-order chi connectivity index (χ0) is 23.2. The third kappa shape index (κ3) is 3.91. The number of carbonyl (C=O) groups is 1. The van der Waals surface area contributed by atoms with Crippen molar-refractivity contribution >= 4 is 40.4 Å². The Labute approximate surface area is 190 Å². The molecular weight excluding hydrogens is 451 g/mol. The van der Waals surface area contributed by atoms with E-state index in [1.54, 1.807) is 4.90 Å². The molecule has 33 heavy (non-hydrogen) atoms. The lowest BCUT2D eigenvalue weighted by molar-refractivity contribution is -0.137. The molecule has 0 saturated heterocycles. The second-order valence-electron chi connectivity index (χ2n) is 7.21. The van der Waals surface area contributed by atoms with Crippen LogP contribution >= 0.6 is 11.8 Å². The highest BCUT2D eigenvalue weighted by Crippen LogP contribution is 2.38. The Morgan fingerprint density at radius 1 is 1.00 bits per heavy atom. The molecule has 0 saturated carbocycles. The van der Waals surface area contributed by atoms with E-state index >= 15 is 0 Å². The number of benzene rings is 2. The first kappa shape index (κ1) is 21.0. The van der Waals surface area contributed by atoms with Crippen molar-refractivity contribution in [3.63, 3.8) is 0 Å². The maximum absolute atomic E-state index is 13.0. The summed E-state index contributed by atoms with van der Waals surface area (Å²) in [7, 11) is 0. The normalized spacial score (nSPS) is 17.3. The van der Waals surface area contributed by atoms with Gasteiger partial charge in [0.25, 0.3) is 5.91 Å². The van der Waals surface area contributed by atoms with E-state index in [0.29, 0.717) is 5.17 Å². The molecule has 1 amide bonds. The topological polar surface area (TPSA) is 69.7 Å². The summed E-state index contributed by atoms with van der Waals surface area (Å²) < 4.78 is 44.7. The number of furan rings is 1. The van der Waals surface area contributed by atoms with Gasteiger partial charge in [-0.3, -0.25) is 15.1 Å². The van der Waals surface area contributed by atoms with Crippen LogP contribution in [0.15, 0.2) is 87.1 Å². The van der Waals surface area contributed by atoms with Crippen LogP contribution in [0.5, 0.6) is 0 Å². The number of nitrogens with zero attached hydrogens (tertiary/aromatic N) is 2. The zero-order valence-corrected chi connectivity index (χ0v) is 17.6. The molecule has 0 atom stereocenters. The Kier molecular flexibility index (Phi) is 5.05. The van der Waals surface area contributed by atoms with Gasteiger partial charge in [0.15, 0.2) is 5.17 Å². The molecule has 0 aliphatic carbocycles. The van der Waals surface area contributed by atoms with E-state index in [0.717, 1.165) is 23.4 Å². The molecule has 5 rings (SSSR count). The third-order valence-electron chi connectivity index (χ3n) is 5.07. The van der Waals surface area contributed by atoms with E-state index in [-0.39, 0.29) is 28.5 Å². The number of alkyl halides is 3. The fourth-order valence-corrected chi connectivity index (χ4v) is 4.38. The quantitative estimate of drug-likeness (QED) is 0.463. The molecule has 164 valence electrons. The lowest BCUT2D eigenvalue weighted by Gasteiger charge is -2.26. The van der Waals surface area contributed by atoms with Crippen molar-refractivity contribution in [2.75, 3.05) is 0 Å².